The molecule has 23 heavy (non-hydrogen) atoms. The Labute approximate surface area is 137 Å². The topological polar surface area (TPSA) is 51.3 Å². The Kier molecular flexibility index (Phi) is 4.15. The fraction of sp³-hybridized carbons (Fsp3) is 0.556. The van der Waals surface area contributed by atoms with E-state index in [-0.39, 0.29) is 5.78 Å². The van der Waals surface area contributed by atoms with E-state index in [4.69, 9.17) is 4.52 Å². The summed E-state index contributed by atoms with van der Waals surface area (Å²) in [6.45, 7) is 9.08. The normalized spacial score (nSPS) is 14.7. The number of carbonyl (C=O) groups excluding carboxylic acids is 1. The van der Waals surface area contributed by atoms with Gasteiger partial charge in [-0.1, -0.05) is 5.16 Å². The molecule has 1 saturated carbocycles. The van der Waals surface area contributed by atoms with Crippen molar-refractivity contribution in [1.82, 2.24) is 14.6 Å². The number of aromatic nitrogens is 2. The zero-order chi connectivity index (χ0) is 16.7. The number of nitrogens with zero attached hydrogens (tertiary/aromatic N) is 3. The first kappa shape index (κ1) is 16.0. The molecule has 0 aliphatic heterocycles. The molecule has 2 aromatic rings. The summed E-state index contributed by atoms with van der Waals surface area (Å²) in [6, 6.07) is 2.65. The molecular formula is C18H25N3O2. The second-order valence-corrected chi connectivity index (χ2v) is 6.78. The van der Waals surface area contributed by atoms with Gasteiger partial charge in [-0.05, 0) is 53.7 Å². The van der Waals surface area contributed by atoms with Crippen molar-refractivity contribution < 1.29 is 9.32 Å². The van der Waals surface area contributed by atoms with Crippen LogP contribution in [0.4, 0.5) is 0 Å². The molecule has 0 spiro atoms. The molecule has 0 bridgehead atoms. The Morgan fingerprint density at radius 1 is 1.35 bits per heavy atom. The lowest BCUT2D eigenvalue weighted by atomic mass is 10.1. The van der Waals surface area contributed by atoms with Gasteiger partial charge in [0.25, 0.3) is 0 Å². The summed E-state index contributed by atoms with van der Waals surface area (Å²) in [5.74, 6) is 1.01. The Bertz CT molecular complexity index is 718. The van der Waals surface area contributed by atoms with Gasteiger partial charge in [-0.15, -0.1) is 0 Å². The molecular weight excluding hydrogens is 290 g/mol. The molecule has 1 aliphatic rings. The number of likely N-dealkylation sites (N-methyl/N-ethyl adjacent to an activating group) is 1. The lowest BCUT2D eigenvalue weighted by Gasteiger charge is -2.15. The van der Waals surface area contributed by atoms with Crippen LogP contribution in [0.5, 0.6) is 0 Å². The van der Waals surface area contributed by atoms with Crippen LogP contribution < -0.4 is 0 Å². The van der Waals surface area contributed by atoms with Crippen molar-refractivity contribution in [2.45, 2.75) is 53.1 Å². The zero-order valence-electron chi connectivity index (χ0n) is 14.6. The van der Waals surface area contributed by atoms with Crippen LogP contribution in [0.2, 0.25) is 0 Å². The van der Waals surface area contributed by atoms with E-state index < -0.39 is 0 Å². The van der Waals surface area contributed by atoms with E-state index >= 15 is 0 Å². The van der Waals surface area contributed by atoms with Gasteiger partial charge in [-0.3, -0.25) is 9.69 Å². The highest BCUT2D eigenvalue weighted by molar-refractivity contribution is 5.99. The van der Waals surface area contributed by atoms with Crippen molar-refractivity contribution in [3.8, 4) is 0 Å². The number of hydrogen-bond donors (Lipinski definition) is 0. The van der Waals surface area contributed by atoms with Crippen molar-refractivity contribution in [2.24, 2.45) is 0 Å². The second-order valence-electron chi connectivity index (χ2n) is 6.78. The van der Waals surface area contributed by atoms with Crippen molar-refractivity contribution in [3.05, 3.63) is 40.0 Å². The molecule has 2 aromatic heterocycles. The number of aryl methyl sites for hydroxylation is 3. The molecule has 2 heterocycles. The molecule has 5 nitrogen and oxygen atoms in total. The highest BCUT2D eigenvalue weighted by Gasteiger charge is 2.28. The van der Waals surface area contributed by atoms with E-state index in [0.29, 0.717) is 19.1 Å². The summed E-state index contributed by atoms with van der Waals surface area (Å²) in [5.41, 5.74) is 5.14. The number of ketones is 1. The van der Waals surface area contributed by atoms with Crippen LogP contribution >= 0.6 is 0 Å². The first-order chi connectivity index (χ1) is 10.9. The quantitative estimate of drug-likeness (QED) is 0.767. The van der Waals surface area contributed by atoms with E-state index in [2.05, 4.69) is 23.6 Å². The van der Waals surface area contributed by atoms with Gasteiger partial charge in [0, 0.05) is 35.1 Å². The molecule has 124 valence electrons. The lowest BCUT2D eigenvalue weighted by molar-refractivity contribution is 0.0942. The minimum atomic E-state index is 0.180. The summed E-state index contributed by atoms with van der Waals surface area (Å²) < 4.78 is 7.51. The van der Waals surface area contributed by atoms with Gasteiger partial charge < -0.3 is 9.09 Å². The van der Waals surface area contributed by atoms with E-state index in [1.54, 1.807) is 0 Å². The molecule has 0 amide bonds. The Morgan fingerprint density at radius 3 is 2.61 bits per heavy atom. The van der Waals surface area contributed by atoms with Crippen LogP contribution in [0.1, 0.15) is 57.6 Å². The summed E-state index contributed by atoms with van der Waals surface area (Å²) in [7, 11) is 1.96. The fourth-order valence-electron chi connectivity index (χ4n) is 3.34. The van der Waals surface area contributed by atoms with Crippen LogP contribution in [-0.4, -0.2) is 34.0 Å². The van der Waals surface area contributed by atoms with Gasteiger partial charge in [0.05, 0.1) is 12.2 Å². The van der Waals surface area contributed by atoms with Crippen molar-refractivity contribution in [3.63, 3.8) is 0 Å². The molecule has 3 rings (SSSR count). The molecule has 0 atom stereocenters. The van der Waals surface area contributed by atoms with Gasteiger partial charge in [-0.2, -0.15) is 0 Å². The molecule has 0 unspecified atom stereocenters. The Balaban J connectivity index is 1.70. The summed E-state index contributed by atoms with van der Waals surface area (Å²) in [4.78, 5) is 14.7. The third-order valence-corrected chi connectivity index (χ3v) is 4.72. The third-order valence-electron chi connectivity index (χ3n) is 4.72. The molecule has 1 fully saturated rings. The average Bonchev–Trinajstić information content (AvgIpc) is 3.21. The van der Waals surface area contributed by atoms with Crippen LogP contribution in [0, 0.1) is 27.7 Å². The van der Waals surface area contributed by atoms with E-state index in [1.165, 1.54) is 18.5 Å². The minimum absolute atomic E-state index is 0.180. The van der Waals surface area contributed by atoms with Gasteiger partial charge in [0.1, 0.15) is 5.76 Å². The number of carbonyl (C=O) groups is 1. The number of Topliss-reactive ketones (excluding diaryl/α,β-unsaturated/α-hetero) is 1. The van der Waals surface area contributed by atoms with Crippen LogP contribution in [0.25, 0.3) is 0 Å². The largest absolute Gasteiger partial charge is 0.361 e. The van der Waals surface area contributed by atoms with Crippen LogP contribution in [0.3, 0.4) is 0 Å². The molecule has 0 aromatic carbocycles. The maximum Gasteiger partial charge on any atom is 0.178 e. The SMILES string of the molecule is Cc1noc(C)c1CN(C)CC(=O)c1cc(C)n(C2CC2)c1C. The predicted molar refractivity (Wildman–Crippen MR) is 88.8 cm³/mol. The zero-order valence-corrected chi connectivity index (χ0v) is 14.6. The minimum Gasteiger partial charge on any atom is -0.361 e. The first-order valence-corrected chi connectivity index (χ1v) is 8.20. The van der Waals surface area contributed by atoms with E-state index in [1.807, 2.05) is 31.9 Å². The maximum absolute atomic E-state index is 12.7. The summed E-state index contributed by atoms with van der Waals surface area (Å²) >= 11 is 0. The summed E-state index contributed by atoms with van der Waals surface area (Å²) in [6.07, 6.45) is 2.46. The third kappa shape index (κ3) is 3.11. The average molecular weight is 315 g/mol. The molecule has 0 saturated heterocycles. The predicted octanol–water partition coefficient (Wildman–Crippen LogP) is 3.36. The second kappa shape index (κ2) is 5.96. The molecule has 0 radical (unpaired) electrons. The Hall–Kier alpha value is -1.88. The van der Waals surface area contributed by atoms with Crippen LogP contribution in [0.15, 0.2) is 10.6 Å². The highest BCUT2D eigenvalue weighted by Crippen LogP contribution is 2.38. The van der Waals surface area contributed by atoms with E-state index in [9.17, 15) is 4.79 Å². The van der Waals surface area contributed by atoms with Crippen LogP contribution in [-0.2, 0) is 6.54 Å². The lowest BCUT2D eigenvalue weighted by Crippen LogP contribution is -2.26. The van der Waals surface area contributed by atoms with Gasteiger partial charge in [0.2, 0.25) is 0 Å². The number of rotatable bonds is 6. The first-order valence-electron chi connectivity index (χ1n) is 8.20. The summed E-state index contributed by atoms with van der Waals surface area (Å²) in [5, 5.41) is 3.97. The van der Waals surface area contributed by atoms with Crippen molar-refractivity contribution >= 4 is 5.78 Å². The monoisotopic (exact) mass is 315 g/mol. The molecule has 5 heteroatoms. The van der Waals surface area contributed by atoms with Crippen molar-refractivity contribution in [1.29, 1.82) is 0 Å². The van der Waals surface area contributed by atoms with Gasteiger partial charge in [0.15, 0.2) is 5.78 Å². The van der Waals surface area contributed by atoms with Crippen molar-refractivity contribution in [2.75, 3.05) is 13.6 Å². The van der Waals surface area contributed by atoms with Gasteiger partial charge in [-0.25, -0.2) is 0 Å². The highest BCUT2D eigenvalue weighted by atomic mass is 16.5. The molecule has 0 N–H and O–H groups in total. The fourth-order valence-corrected chi connectivity index (χ4v) is 3.34. The van der Waals surface area contributed by atoms with Gasteiger partial charge >= 0.3 is 0 Å². The maximum atomic E-state index is 12.7. The standard InChI is InChI=1S/C18H25N3O2/c1-11-8-16(13(3)21(11)15-6-7-15)18(22)10-20(5)9-17-12(2)19-23-14(17)4/h8,15H,6-7,9-10H2,1-5H3. The smallest absolute Gasteiger partial charge is 0.178 e. The Morgan fingerprint density at radius 2 is 2.04 bits per heavy atom. The molecule has 1 aliphatic carbocycles. The number of hydrogen-bond acceptors (Lipinski definition) is 4. The van der Waals surface area contributed by atoms with E-state index in [0.717, 1.165) is 28.3 Å².